The summed E-state index contributed by atoms with van der Waals surface area (Å²) in [7, 11) is 0. The van der Waals surface area contributed by atoms with Gasteiger partial charge in [-0.1, -0.05) is 30.0 Å². The lowest BCUT2D eigenvalue weighted by Crippen LogP contribution is -2.19. The van der Waals surface area contributed by atoms with Gasteiger partial charge in [-0.15, -0.1) is 5.10 Å². The fraction of sp³-hybridized carbons (Fsp3) is 0.0625. The van der Waals surface area contributed by atoms with E-state index in [1.807, 2.05) is 48.5 Å². The Morgan fingerprint density at radius 3 is 2.74 bits per heavy atom. The molecule has 0 atom stereocenters. The predicted octanol–water partition coefficient (Wildman–Crippen LogP) is 3.79. The minimum absolute atomic E-state index is 0.0471. The maximum absolute atomic E-state index is 11.0. The molecule has 3 rings (SSSR count). The SMILES string of the molecule is O=C1CSC(=NN=Cc2ccc(Oc3ccccc3)c(Br)c2)N1. The average Bonchev–Trinajstić information content (AvgIpc) is 2.96. The normalized spacial score (nSPS) is 16.0. The zero-order chi connectivity index (χ0) is 16.1. The summed E-state index contributed by atoms with van der Waals surface area (Å²) in [5.74, 6) is 1.84. The van der Waals surface area contributed by atoms with Crippen LogP contribution in [0.1, 0.15) is 5.56 Å². The molecule has 0 radical (unpaired) electrons. The van der Waals surface area contributed by atoms with Gasteiger partial charge in [-0.3, -0.25) is 4.79 Å². The molecule has 1 N–H and O–H groups in total. The summed E-state index contributed by atoms with van der Waals surface area (Å²) in [4.78, 5) is 11.0. The highest BCUT2D eigenvalue weighted by Gasteiger charge is 2.15. The second kappa shape index (κ2) is 7.43. The van der Waals surface area contributed by atoms with Crippen LogP contribution in [0.4, 0.5) is 0 Å². The third-order valence-corrected chi connectivity index (χ3v) is 4.35. The zero-order valence-electron chi connectivity index (χ0n) is 11.9. The van der Waals surface area contributed by atoms with Crippen molar-refractivity contribution in [3.8, 4) is 11.5 Å². The molecule has 2 aromatic rings. The van der Waals surface area contributed by atoms with Crippen LogP contribution < -0.4 is 10.1 Å². The van der Waals surface area contributed by atoms with Crippen molar-refractivity contribution in [1.29, 1.82) is 0 Å². The third-order valence-electron chi connectivity index (χ3n) is 2.87. The van der Waals surface area contributed by atoms with E-state index < -0.39 is 0 Å². The predicted molar refractivity (Wildman–Crippen MR) is 96.3 cm³/mol. The number of carbonyl (C=O) groups is 1. The van der Waals surface area contributed by atoms with Gasteiger partial charge in [-0.05, 0) is 51.8 Å². The molecule has 1 aliphatic heterocycles. The zero-order valence-corrected chi connectivity index (χ0v) is 14.3. The van der Waals surface area contributed by atoms with Crippen molar-refractivity contribution in [2.75, 3.05) is 5.75 Å². The summed E-state index contributed by atoms with van der Waals surface area (Å²) in [6.07, 6.45) is 1.62. The van der Waals surface area contributed by atoms with Gasteiger partial charge in [0.25, 0.3) is 0 Å². The van der Waals surface area contributed by atoms with E-state index in [0.29, 0.717) is 10.9 Å². The maximum Gasteiger partial charge on any atom is 0.236 e. The summed E-state index contributed by atoms with van der Waals surface area (Å²) < 4.78 is 6.61. The smallest absolute Gasteiger partial charge is 0.236 e. The van der Waals surface area contributed by atoms with E-state index in [-0.39, 0.29) is 5.91 Å². The van der Waals surface area contributed by atoms with Crippen LogP contribution in [0.25, 0.3) is 0 Å². The molecular weight excluding hydrogens is 378 g/mol. The molecule has 1 saturated heterocycles. The molecule has 23 heavy (non-hydrogen) atoms. The van der Waals surface area contributed by atoms with E-state index in [1.165, 1.54) is 11.8 Å². The summed E-state index contributed by atoms with van der Waals surface area (Å²) in [6.45, 7) is 0. The Hall–Kier alpha value is -2.12. The fourth-order valence-electron chi connectivity index (χ4n) is 1.82. The van der Waals surface area contributed by atoms with Crippen LogP contribution in [0, 0.1) is 0 Å². The molecule has 0 aliphatic carbocycles. The summed E-state index contributed by atoms with van der Waals surface area (Å²) >= 11 is 4.83. The molecule has 1 heterocycles. The molecule has 1 aliphatic rings. The first kappa shape index (κ1) is 15.8. The third kappa shape index (κ3) is 4.43. The number of rotatable bonds is 4. The van der Waals surface area contributed by atoms with Gasteiger partial charge in [-0.25, -0.2) is 0 Å². The standard InChI is InChI=1S/C16H12BrN3O2S/c17-13-8-11(9-18-20-16-19-15(21)10-23-16)6-7-14(13)22-12-4-2-1-3-5-12/h1-9H,10H2,(H,19,20,21). The second-order valence-electron chi connectivity index (χ2n) is 4.59. The first-order valence-corrected chi connectivity index (χ1v) is 8.55. The van der Waals surface area contributed by atoms with Crippen molar-refractivity contribution in [3.05, 3.63) is 58.6 Å². The lowest BCUT2D eigenvalue weighted by atomic mass is 10.2. The summed E-state index contributed by atoms with van der Waals surface area (Å²) in [5, 5.41) is 11.1. The number of nitrogens with zero attached hydrogens (tertiary/aromatic N) is 2. The van der Waals surface area contributed by atoms with Crippen molar-refractivity contribution >= 4 is 45.0 Å². The molecule has 116 valence electrons. The van der Waals surface area contributed by atoms with Gasteiger partial charge in [0.15, 0.2) is 5.17 Å². The van der Waals surface area contributed by atoms with Crippen molar-refractivity contribution in [2.45, 2.75) is 0 Å². The molecule has 0 spiro atoms. The number of carbonyl (C=O) groups excluding carboxylic acids is 1. The number of amidine groups is 1. The molecule has 0 unspecified atom stereocenters. The summed E-state index contributed by atoms with van der Waals surface area (Å²) in [6, 6.07) is 15.2. The number of thioether (sulfide) groups is 1. The van der Waals surface area contributed by atoms with Crippen LogP contribution in [0.5, 0.6) is 11.5 Å². The quantitative estimate of drug-likeness (QED) is 0.638. The summed E-state index contributed by atoms with van der Waals surface area (Å²) in [5.41, 5.74) is 0.871. The van der Waals surface area contributed by atoms with Crippen LogP contribution in [0.15, 0.2) is 63.2 Å². The van der Waals surface area contributed by atoms with Crippen LogP contribution in [0.2, 0.25) is 0 Å². The Labute approximate surface area is 146 Å². The number of hydrogen-bond donors (Lipinski definition) is 1. The second-order valence-corrected chi connectivity index (χ2v) is 6.41. The van der Waals surface area contributed by atoms with E-state index >= 15 is 0 Å². The van der Waals surface area contributed by atoms with Gasteiger partial charge in [-0.2, -0.15) is 5.10 Å². The minimum atomic E-state index is -0.0471. The van der Waals surface area contributed by atoms with Gasteiger partial charge < -0.3 is 10.1 Å². The Kier molecular flexibility index (Phi) is 5.09. The van der Waals surface area contributed by atoms with Crippen LogP contribution in [-0.4, -0.2) is 23.0 Å². The number of benzene rings is 2. The van der Waals surface area contributed by atoms with E-state index in [9.17, 15) is 4.79 Å². The molecule has 0 aromatic heterocycles. The molecular formula is C16H12BrN3O2S. The molecule has 2 aromatic carbocycles. The van der Waals surface area contributed by atoms with Crippen LogP contribution in [0.3, 0.4) is 0 Å². The van der Waals surface area contributed by atoms with Gasteiger partial charge >= 0.3 is 0 Å². The fourth-order valence-corrected chi connectivity index (χ4v) is 2.93. The molecule has 5 nitrogen and oxygen atoms in total. The number of para-hydroxylation sites is 1. The highest BCUT2D eigenvalue weighted by Crippen LogP contribution is 2.30. The van der Waals surface area contributed by atoms with E-state index in [4.69, 9.17) is 4.74 Å². The van der Waals surface area contributed by atoms with Crippen LogP contribution in [-0.2, 0) is 4.79 Å². The van der Waals surface area contributed by atoms with E-state index in [0.717, 1.165) is 21.5 Å². The number of amides is 1. The Bertz CT molecular complexity index is 778. The van der Waals surface area contributed by atoms with Gasteiger partial charge in [0.05, 0.1) is 16.4 Å². The Morgan fingerprint density at radius 1 is 1.22 bits per heavy atom. The molecule has 1 amide bonds. The molecule has 0 saturated carbocycles. The monoisotopic (exact) mass is 389 g/mol. The first-order chi connectivity index (χ1) is 11.2. The molecule has 7 heteroatoms. The number of nitrogens with one attached hydrogen (secondary N) is 1. The molecule has 0 bridgehead atoms. The minimum Gasteiger partial charge on any atom is -0.456 e. The van der Waals surface area contributed by atoms with Gasteiger partial charge in [0.2, 0.25) is 5.91 Å². The van der Waals surface area contributed by atoms with Crippen molar-refractivity contribution < 1.29 is 9.53 Å². The highest BCUT2D eigenvalue weighted by molar-refractivity contribution is 9.10. The lowest BCUT2D eigenvalue weighted by molar-refractivity contribution is -0.116. The average molecular weight is 390 g/mol. The van der Waals surface area contributed by atoms with Crippen molar-refractivity contribution in [1.82, 2.24) is 5.32 Å². The maximum atomic E-state index is 11.0. The van der Waals surface area contributed by atoms with Gasteiger partial charge in [0, 0.05) is 0 Å². The van der Waals surface area contributed by atoms with E-state index in [1.54, 1.807) is 6.21 Å². The number of halogens is 1. The largest absolute Gasteiger partial charge is 0.456 e. The highest BCUT2D eigenvalue weighted by atomic mass is 79.9. The van der Waals surface area contributed by atoms with Crippen molar-refractivity contribution in [2.24, 2.45) is 10.2 Å². The topological polar surface area (TPSA) is 63.0 Å². The van der Waals surface area contributed by atoms with Gasteiger partial charge in [0.1, 0.15) is 11.5 Å². The number of ether oxygens (including phenoxy) is 1. The lowest BCUT2D eigenvalue weighted by Gasteiger charge is -2.07. The van der Waals surface area contributed by atoms with Crippen LogP contribution >= 0.6 is 27.7 Å². The molecule has 1 fully saturated rings. The van der Waals surface area contributed by atoms with E-state index in [2.05, 4.69) is 31.4 Å². The number of hydrogen-bond acceptors (Lipinski definition) is 5. The Balaban J connectivity index is 1.68. The Morgan fingerprint density at radius 2 is 2.04 bits per heavy atom. The first-order valence-electron chi connectivity index (χ1n) is 6.77. The van der Waals surface area contributed by atoms with Crippen molar-refractivity contribution in [3.63, 3.8) is 0 Å².